The maximum atomic E-state index is 14.8. The number of nitrogens with zero attached hydrogens (tertiary/aromatic N) is 2. The van der Waals surface area contributed by atoms with Crippen molar-refractivity contribution in [3.05, 3.63) is 131 Å². The maximum absolute atomic E-state index is 14.8. The van der Waals surface area contributed by atoms with Crippen molar-refractivity contribution < 1.29 is 27.8 Å². The number of carbonyl (C=O) groups is 1. The quantitative estimate of drug-likeness (QED) is 0.260. The van der Waals surface area contributed by atoms with Crippen LogP contribution in [0.3, 0.4) is 0 Å². The van der Waals surface area contributed by atoms with E-state index in [1.54, 1.807) is 35.2 Å². The Balaban J connectivity index is 1.39. The molecule has 9 heteroatoms. The third-order valence-corrected chi connectivity index (χ3v) is 9.78. The molecule has 1 spiro atoms. The summed E-state index contributed by atoms with van der Waals surface area (Å²) in [4.78, 5) is 21.7. The summed E-state index contributed by atoms with van der Waals surface area (Å²) in [5.74, 6) is 0.502. The van der Waals surface area contributed by atoms with Gasteiger partial charge in [-0.25, -0.2) is 13.4 Å². The first kappa shape index (κ1) is 29.6. The molecule has 4 aromatic rings. The molecule has 8 nitrogen and oxygen atoms in total. The fourth-order valence-corrected chi connectivity index (χ4v) is 7.05. The van der Waals surface area contributed by atoms with E-state index in [9.17, 15) is 13.2 Å². The average Bonchev–Trinajstić information content (AvgIpc) is 3.39. The lowest BCUT2D eigenvalue weighted by molar-refractivity contribution is -0.139. The van der Waals surface area contributed by atoms with Crippen LogP contribution < -0.4 is 4.74 Å². The van der Waals surface area contributed by atoms with Gasteiger partial charge in [0.1, 0.15) is 5.75 Å². The van der Waals surface area contributed by atoms with E-state index >= 15 is 0 Å². The number of ether oxygens (including phenoxy) is 2. The first-order valence-corrected chi connectivity index (χ1v) is 16.3. The normalized spacial score (nSPS) is 19.7. The van der Waals surface area contributed by atoms with Gasteiger partial charge < -0.3 is 19.5 Å². The molecule has 44 heavy (non-hydrogen) atoms. The molecule has 0 aromatic heterocycles. The molecular formula is C35H34N2O6S. The van der Waals surface area contributed by atoms with Crippen molar-refractivity contribution in [3.63, 3.8) is 0 Å². The summed E-state index contributed by atoms with van der Waals surface area (Å²) in [6, 6.07) is 33.0. The molecule has 2 aliphatic rings. The van der Waals surface area contributed by atoms with E-state index in [0.717, 1.165) is 16.7 Å². The molecule has 226 valence electrons. The van der Waals surface area contributed by atoms with E-state index < -0.39 is 21.5 Å². The van der Waals surface area contributed by atoms with Crippen LogP contribution in [0.2, 0.25) is 0 Å². The van der Waals surface area contributed by atoms with Gasteiger partial charge in [0.2, 0.25) is 5.90 Å². The lowest BCUT2D eigenvalue weighted by Crippen LogP contribution is -2.50. The molecule has 2 heterocycles. The first-order chi connectivity index (χ1) is 21.4. The Bertz CT molecular complexity index is 1740. The zero-order valence-corrected chi connectivity index (χ0v) is 25.0. The molecule has 0 saturated heterocycles. The predicted octanol–water partition coefficient (Wildman–Crippen LogP) is 4.76. The maximum Gasteiger partial charge on any atom is 0.255 e. The zero-order valence-electron chi connectivity index (χ0n) is 24.2. The molecular weight excluding hydrogens is 576 g/mol. The Morgan fingerprint density at radius 3 is 2.25 bits per heavy atom. The Morgan fingerprint density at radius 2 is 1.55 bits per heavy atom. The number of carbonyl (C=O) groups excluding carboxylic acids is 1. The number of hydrogen-bond acceptors (Lipinski definition) is 7. The van der Waals surface area contributed by atoms with Crippen LogP contribution in [0.25, 0.3) is 0 Å². The molecule has 0 saturated carbocycles. The second kappa shape index (κ2) is 12.6. The number of amides is 1. The van der Waals surface area contributed by atoms with Crippen LogP contribution in [0.5, 0.6) is 5.75 Å². The van der Waals surface area contributed by atoms with Crippen molar-refractivity contribution in [1.29, 1.82) is 0 Å². The summed E-state index contributed by atoms with van der Waals surface area (Å²) >= 11 is 0. The van der Waals surface area contributed by atoms with E-state index in [-0.39, 0.29) is 36.3 Å². The number of aliphatic hydroxyl groups is 1. The summed E-state index contributed by atoms with van der Waals surface area (Å²) in [6.45, 7) is 0.736. The van der Waals surface area contributed by atoms with Gasteiger partial charge in [-0.3, -0.25) is 4.79 Å². The van der Waals surface area contributed by atoms with Crippen molar-refractivity contribution in [2.45, 2.75) is 35.9 Å². The molecule has 0 radical (unpaired) electrons. The largest absolute Gasteiger partial charge is 0.494 e. The minimum atomic E-state index is -3.63. The summed E-state index contributed by atoms with van der Waals surface area (Å²) < 4.78 is 38.8. The Labute approximate surface area is 257 Å². The third-order valence-electron chi connectivity index (χ3n) is 8.07. The molecule has 0 unspecified atom stereocenters. The SMILES string of the molecule is O=C1N(CCS(=O)(=O)c2ccccc2)Cc2ccccc2C[C@@]12N=C(c1ccc(OCCCO)cc1)O[C@H]2c1ccccc1. The van der Waals surface area contributed by atoms with Crippen LogP contribution in [0, 0.1) is 0 Å². The highest BCUT2D eigenvalue weighted by Gasteiger charge is 2.56. The minimum Gasteiger partial charge on any atom is -0.494 e. The van der Waals surface area contributed by atoms with Crippen LogP contribution in [0.15, 0.2) is 119 Å². The van der Waals surface area contributed by atoms with Gasteiger partial charge in [-0.15, -0.1) is 0 Å². The van der Waals surface area contributed by atoms with Crippen molar-refractivity contribution in [3.8, 4) is 5.75 Å². The van der Waals surface area contributed by atoms with Gasteiger partial charge >= 0.3 is 0 Å². The highest BCUT2D eigenvalue weighted by molar-refractivity contribution is 7.91. The van der Waals surface area contributed by atoms with Crippen molar-refractivity contribution in [1.82, 2.24) is 4.90 Å². The molecule has 0 bridgehead atoms. The monoisotopic (exact) mass is 610 g/mol. The van der Waals surface area contributed by atoms with Gasteiger partial charge in [0.25, 0.3) is 5.91 Å². The van der Waals surface area contributed by atoms with E-state index in [1.807, 2.05) is 78.9 Å². The molecule has 0 fully saturated rings. The number of rotatable bonds is 10. The van der Waals surface area contributed by atoms with Gasteiger partial charge in [0, 0.05) is 38.1 Å². The number of hydrogen-bond donors (Lipinski definition) is 1. The first-order valence-electron chi connectivity index (χ1n) is 14.7. The van der Waals surface area contributed by atoms with E-state index in [0.29, 0.717) is 36.7 Å². The molecule has 2 atom stereocenters. The van der Waals surface area contributed by atoms with Crippen LogP contribution in [-0.2, 0) is 32.3 Å². The van der Waals surface area contributed by atoms with Crippen molar-refractivity contribution in [2.75, 3.05) is 25.5 Å². The standard InChI is InChI=1S/C35H34N2O6S/c38-21-9-22-42-30-18-16-27(17-19-30)33-36-35(32(43-33)26-10-3-1-4-11-26)24-28-12-7-8-13-29(28)25-37(34(35)39)20-23-44(40,41)31-14-5-2-6-15-31/h1-8,10-19,32,38H,9,20-25H2/t32-,35-/m0/s1. The Hall–Kier alpha value is -4.47. The number of fused-ring (bicyclic) bond motifs is 1. The molecule has 2 aliphatic heterocycles. The fraction of sp³-hybridized carbons (Fsp3) is 0.257. The number of aliphatic imine (C=N–C) groups is 1. The summed E-state index contributed by atoms with van der Waals surface area (Å²) in [5.41, 5.74) is 2.07. The second-order valence-electron chi connectivity index (χ2n) is 11.0. The van der Waals surface area contributed by atoms with Crippen LogP contribution in [0.4, 0.5) is 0 Å². The number of aliphatic hydroxyl groups excluding tert-OH is 1. The van der Waals surface area contributed by atoms with E-state index in [2.05, 4.69) is 0 Å². The molecule has 1 N–H and O–H groups in total. The lowest BCUT2D eigenvalue weighted by atomic mass is 9.82. The highest BCUT2D eigenvalue weighted by Crippen LogP contribution is 2.45. The topological polar surface area (TPSA) is 106 Å². The Kier molecular flexibility index (Phi) is 8.50. The molecule has 4 aromatic carbocycles. The highest BCUT2D eigenvalue weighted by atomic mass is 32.2. The van der Waals surface area contributed by atoms with Gasteiger partial charge in [0.15, 0.2) is 21.5 Å². The van der Waals surface area contributed by atoms with E-state index in [4.69, 9.17) is 19.6 Å². The minimum absolute atomic E-state index is 0.0123. The van der Waals surface area contributed by atoms with Crippen LogP contribution in [0.1, 0.15) is 34.8 Å². The summed E-state index contributed by atoms with van der Waals surface area (Å²) in [6.07, 6.45) is 0.104. The van der Waals surface area contributed by atoms with Crippen molar-refractivity contribution in [2.24, 2.45) is 4.99 Å². The van der Waals surface area contributed by atoms with Crippen LogP contribution >= 0.6 is 0 Å². The van der Waals surface area contributed by atoms with Gasteiger partial charge in [-0.1, -0.05) is 72.8 Å². The zero-order chi connectivity index (χ0) is 30.6. The van der Waals surface area contributed by atoms with Crippen LogP contribution in [-0.4, -0.2) is 61.3 Å². The number of sulfone groups is 1. The smallest absolute Gasteiger partial charge is 0.255 e. The average molecular weight is 611 g/mol. The number of benzene rings is 4. The summed E-state index contributed by atoms with van der Waals surface area (Å²) in [5, 5.41) is 9.05. The Morgan fingerprint density at radius 1 is 0.886 bits per heavy atom. The van der Waals surface area contributed by atoms with Crippen molar-refractivity contribution >= 4 is 21.6 Å². The third kappa shape index (κ3) is 5.98. The van der Waals surface area contributed by atoms with Gasteiger partial charge in [0.05, 0.1) is 17.3 Å². The molecule has 0 aliphatic carbocycles. The van der Waals surface area contributed by atoms with E-state index in [1.165, 1.54) is 0 Å². The second-order valence-corrected chi connectivity index (χ2v) is 13.1. The summed E-state index contributed by atoms with van der Waals surface area (Å²) in [7, 11) is -3.63. The molecule has 1 amide bonds. The van der Waals surface area contributed by atoms with Gasteiger partial charge in [-0.05, 0) is 53.1 Å². The predicted molar refractivity (Wildman–Crippen MR) is 167 cm³/mol. The van der Waals surface area contributed by atoms with Gasteiger partial charge in [-0.2, -0.15) is 0 Å². The molecule has 6 rings (SSSR count). The fourth-order valence-electron chi connectivity index (χ4n) is 5.78. The lowest BCUT2D eigenvalue weighted by Gasteiger charge is -2.33.